The van der Waals surface area contributed by atoms with E-state index in [4.69, 9.17) is 4.74 Å². The van der Waals surface area contributed by atoms with Crippen molar-refractivity contribution in [1.82, 2.24) is 8.68 Å². The molecule has 158 valence electrons. The van der Waals surface area contributed by atoms with Crippen LogP contribution < -0.4 is 10.1 Å². The van der Waals surface area contributed by atoms with E-state index < -0.39 is 21.8 Å². The molecule has 2 heterocycles. The summed E-state index contributed by atoms with van der Waals surface area (Å²) >= 11 is 1.37. The molecule has 0 spiro atoms. The Labute approximate surface area is 177 Å². The number of fused-ring (bicyclic) bond motifs is 1. The minimum atomic E-state index is -4.01. The summed E-state index contributed by atoms with van der Waals surface area (Å²) in [6.07, 6.45) is 2.83. The van der Waals surface area contributed by atoms with Gasteiger partial charge in [-0.15, -0.1) is 0 Å². The van der Waals surface area contributed by atoms with E-state index in [1.54, 1.807) is 12.3 Å². The van der Waals surface area contributed by atoms with E-state index in [0.29, 0.717) is 18.5 Å². The molecule has 1 aromatic heterocycles. The van der Waals surface area contributed by atoms with Crippen LogP contribution in [0.3, 0.4) is 0 Å². The molecule has 1 aliphatic rings. The molecule has 2 aromatic carbocycles. The number of aromatic nitrogens is 1. The number of methoxy groups -OCH3 is 1. The second kappa shape index (κ2) is 8.29. The van der Waals surface area contributed by atoms with Crippen LogP contribution in [0.5, 0.6) is 5.75 Å². The van der Waals surface area contributed by atoms with E-state index in [2.05, 4.69) is 9.69 Å². The van der Waals surface area contributed by atoms with E-state index in [-0.39, 0.29) is 29.6 Å². The van der Waals surface area contributed by atoms with E-state index in [9.17, 15) is 17.6 Å². The van der Waals surface area contributed by atoms with Crippen molar-refractivity contribution in [1.29, 1.82) is 0 Å². The zero-order valence-corrected chi connectivity index (χ0v) is 17.8. The molecule has 0 radical (unpaired) electrons. The van der Waals surface area contributed by atoms with Crippen molar-refractivity contribution in [3.8, 4) is 5.75 Å². The SMILES string of the molecule is COc1ccc(F)cc1S(=O)(=O)N1CCC[C@@H](C(=O)Nc2ccc3sncc3c2)C1. The van der Waals surface area contributed by atoms with Crippen LogP contribution in [0.15, 0.2) is 47.5 Å². The van der Waals surface area contributed by atoms with Gasteiger partial charge in [-0.25, -0.2) is 12.8 Å². The number of hydrogen-bond acceptors (Lipinski definition) is 6. The highest BCUT2D eigenvalue weighted by molar-refractivity contribution is 7.89. The summed E-state index contributed by atoms with van der Waals surface area (Å²) in [5, 5.41) is 3.80. The normalized spacial score (nSPS) is 17.7. The lowest BCUT2D eigenvalue weighted by Gasteiger charge is -2.31. The van der Waals surface area contributed by atoms with Crippen molar-refractivity contribution in [3.63, 3.8) is 0 Å². The average molecular weight is 450 g/mol. The molecule has 1 saturated heterocycles. The topological polar surface area (TPSA) is 88.6 Å². The number of nitrogens with one attached hydrogen (secondary N) is 1. The first-order valence-corrected chi connectivity index (χ1v) is 11.6. The smallest absolute Gasteiger partial charge is 0.246 e. The Morgan fingerprint density at radius 2 is 2.13 bits per heavy atom. The van der Waals surface area contributed by atoms with Crippen LogP contribution in [0.4, 0.5) is 10.1 Å². The molecule has 0 bridgehead atoms. The number of halogens is 1. The second-order valence-electron chi connectivity index (χ2n) is 7.07. The number of benzene rings is 2. The van der Waals surface area contributed by atoms with E-state index in [1.807, 2.05) is 12.1 Å². The Kier molecular flexibility index (Phi) is 5.72. The number of piperidine rings is 1. The average Bonchev–Trinajstić information content (AvgIpc) is 3.21. The van der Waals surface area contributed by atoms with Crippen molar-refractivity contribution in [2.24, 2.45) is 5.92 Å². The maximum Gasteiger partial charge on any atom is 0.246 e. The molecule has 0 saturated carbocycles. The number of amides is 1. The minimum Gasteiger partial charge on any atom is -0.495 e. The molecule has 1 amide bonds. The molecule has 7 nitrogen and oxygen atoms in total. The van der Waals surface area contributed by atoms with E-state index in [1.165, 1.54) is 29.0 Å². The fraction of sp³-hybridized carbons (Fsp3) is 0.300. The zero-order chi connectivity index (χ0) is 21.3. The molecule has 1 aliphatic heterocycles. The lowest BCUT2D eigenvalue weighted by molar-refractivity contribution is -0.120. The van der Waals surface area contributed by atoms with Crippen molar-refractivity contribution in [3.05, 3.63) is 48.4 Å². The molecule has 3 aromatic rings. The summed E-state index contributed by atoms with van der Waals surface area (Å²) in [4.78, 5) is 12.6. The van der Waals surface area contributed by atoms with Gasteiger partial charge in [0.2, 0.25) is 15.9 Å². The molecular formula is C20H20FN3O4S2. The summed E-state index contributed by atoms with van der Waals surface area (Å²) in [6.45, 7) is 0.286. The quantitative estimate of drug-likeness (QED) is 0.644. The van der Waals surface area contributed by atoms with Gasteiger partial charge in [-0.1, -0.05) is 0 Å². The number of carbonyl (C=O) groups excluding carboxylic acids is 1. The van der Waals surface area contributed by atoms with Gasteiger partial charge in [-0.05, 0) is 60.8 Å². The van der Waals surface area contributed by atoms with Gasteiger partial charge in [0.15, 0.2) is 0 Å². The standard InChI is InChI=1S/C20H20FN3O4S2/c1-28-17-6-4-15(21)10-19(17)30(26,27)24-8-2-3-13(12-24)20(25)23-16-5-7-18-14(9-16)11-22-29-18/h4-7,9-11,13H,2-3,8,12H2,1H3,(H,23,25)/t13-/m1/s1. The third-order valence-electron chi connectivity index (χ3n) is 5.12. The fourth-order valence-corrected chi connectivity index (χ4v) is 5.88. The number of anilines is 1. The monoisotopic (exact) mass is 449 g/mol. The highest BCUT2D eigenvalue weighted by atomic mass is 32.2. The third kappa shape index (κ3) is 4.03. The van der Waals surface area contributed by atoms with Gasteiger partial charge in [0.05, 0.1) is 17.7 Å². The number of rotatable bonds is 5. The fourth-order valence-electron chi connectivity index (χ4n) is 3.56. The summed E-state index contributed by atoms with van der Waals surface area (Å²) in [6, 6.07) is 8.90. The Morgan fingerprint density at radius 3 is 2.93 bits per heavy atom. The molecule has 4 rings (SSSR count). The molecule has 0 aliphatic carbocycles. The molecule has 1 fully saturated rings. The summed E-state index contributed by atoms with van der Waals surface area (Å²) in [7, 11) is -2.67. The van der Waals surface area contributed by atoms with Crippen LogP contribution in [0.2, 0.25) is 0 Å². The molecule has 1 atom stereocenters. The Morgan fingerprint density at radius 1 is 1.30 bits per heavy atom. The first kappa shape index (κ1) is 20.7. The van der Waals surface area contributed by atoms with Gasteiger partial charge in [-0.2, -0.15) is 8.68 Å². The first-order chi connectivity index (χ1) is 14.4. The predicted octanol–water partition coefficient (Wildman–Crippen LogP) is 3.48. The molecule has 1 N–H and O–H groups in total. The maximum atomic E-state index is 13.7. The second-order valence-corrected chi connectivity index (χ2v) is 9.80. The first-order valence-electron chi connectivity index (χ1n) is 9.37. The number of carbonyl (C=O) groups is 1. The third-order valence-corrected chi connectivity index (χ3v) is 7.78. The largest absolute Gasteiger partial charge is 0.495 e. The Hall–Kier alpha value is -2.56. The van der Waals surface area contributed by atoms with Crippen LogP contribution in [0.1, 0.15) is 12.8 Å². The number of nitrogens with zero attached hydrogens (tertiary/aromatic N) is 2. The minimum absolute atomic E-state index is 0.0239. The zero-order valence-electron chi connectivity index (χ0n) is 16.2. The highest BCUT2D eigenvalue weighted by Gasteiger charge is 2.35. The molecular weight excluding hydrogens is 429 g/mol. The van der Waals surface area contributed by atoms with E-state index in [0.717, 1.165) is 22.2 Å². The van der Waals surface area contributed by atoms with Crippen molar-refractivity contribution in [2.45, 2.75) is 17.7 Å². The van der Waals surface area contributed by atoms with Crippen molar-refractivity contribution < 1.29 is 22.3 Å². The van der Waals surface area contributed by atoms with Crippen LogP contribution in [0.25, 0.3) is 10.1 Å². The van der Waals surface area contributed by atoms with Crippen LogP contribution in [-0.2, 0) is 14.8 Å². The number of ether oxygens (including phenoxy) is 1. The summed E-state index contributed by atoms with van der Waals surface area (Å²) in [5.74, 6) is -1.35. The highest BCUT2D eigenvalue weighted by Crippen LogP contribution is 2.31. The van der Waals surface area contributed by atoms with Gasteiger partial charge in [0, 0.05) is 30.4 Å². The van der Waals surface area contributed by atoms with Crippen LogP contribution in [0, 0.1) is 11.7 Å². The van der Waals surface area contributed by atoms with Crippen LogP contribution in [-0.4, -0.2) is 43.2 Å². The summed E-state index contributed by atoms with van der Waals surface area (Å²) in [5.41, 5.74) is 0.638. The van der Waals surface area contributed by atoms with E-state index >= 15 is 0 Å². The van der Waals surface area contributed by atoms with Crippen molar-refractivity contribution >= 4 is 43.2 Å². The Balaban J connectivity index is 1.52. The van der Waals surface area contributed by atoms with Gasteiger partial charge in [0.25, 0.3) is 0 Å². The van der Waals surface area contributed by atoms with Crippen LogP contribution >= 0.6 is 11.5 Å². The van der Waals surface area contributed by atoms with Gasteiger partial charge in [-0.3, -0.25) is 4.79 Å². The maximum absolute atomic E-state index is 13.7. The molecule has 30 heavy (non-hydrogen) atoms. The predicted molar refractivity (Wildman–Crippen MR) is 113 cm³/mol. The lowest BCUT2D eigenvalue weighted by Crippen LogP contribution is -2.43. The molecule has 0 unspecified atom stereocenters. The Bertz CT molecular complexity index is 1200. The summed E-state index contributed by atoms with van der Waals surface area (Å²) < 4.78 is 51.4. The lowest BCUT2D eigenvalue weighted by atomic mass is 9.98. The number of hydrogen-bond donors (Lipinski definition) is 1. The van der Waals surface area contributed by atoms with Gasteiger partial charge >= 0.3 is 0 Å². The van der Waals surface area contributed by atoms with Gasteiger partial charge < -0.3 is 10.1 Å². The van der Waals surface area contributed by atoms with Crippen molar-refractivity contribution in [2.75, 3.05) is 25.5 Å². The van der Waals surface area contributed by atoms with Gasteiger partial charge in [0.1, 0.15) is 16.5 Å². The molecule has 10 heteroatoms. The number of sulfonamides is 1.